The van der Waals surface area contributed by atoms with Crippen LogP contribution in [0.2, 0.25) is 0 Å². The molecule has 1 fully saturated rings. The number of ether oxygens (including phenoxy) is 1. The third-order valence-corrected chi connectivity index (χ3v) is 5.77. The molecule has 0 saturated carbocycles. The first kappa shape index (κ1) is 20.4. The minimum Gasteiger partial charge on any atom is -0.480 e. The molecule has 156 valence electrons. The Morgan fingerprint density at radius 3 is 2.43 bits per heavy atom. The third kappa shape index (κ3) is 5.19. The molecule has 4 nitrogen and oxygen atoms in total. The van der Waals surface area contributed by atoms with E-state index in [-0.39, 0.29) is 5.91 Å². The average molecular weight is 403 g/mol. The Balaban J connectivity index is 1.29. The molecule has 1 N–H and O–H groups in total. The van der Waals surface area contributed by atoms with E-state index < -0.39 is 6.10 Å². The molecule has 1 heterocycles. The first-order chi connectivity index (χ1) is 14.7. The second kappa shape index (κ2) is 9.77. The maximum absolute atomic E-state index is 12.5. The standard InChI is InChI=1S/C26H30N2O2/c1-20(30-25-11-7-9-23-8-3-4-10-24(23)25)26(29)27-18-21-12-14-22(15-13-21)19-28-16-5-2-6-17-28/h3-4,7-15,20H,2,5-6,16-19H2,1H3,(H,27,29)/t20-/m0/s1. The molecule has 1 saturated heterocycles. The summed E-state index contributed by atoms with van der Waals surface area (Å²) in [5, 5.41) is 5.12. The number of carbonyl (C=O) groups is 1. The van der Waals surface area contributed by atoms with E-state index in [1.807, 2.05) is 42.5 Å². The number of likely N-dealkylation sites (tertiary alicyclic amines) is 1. The van der Waals surface area contributed by atoms with Crippen LogP contribution in [0.3, 0.4) is 0 Å². The second-order valence-electron chi connectivity index (χ2n) is 8.11. The second-order valence-corrected chi connectivity index (χ2v) is 8.11. The minimum absolute atomic E-state index is 0.111. The van der Waals surface area contributed by atoms with Crippen LogP contribution in [0.4, 0.5) is 0 Å². The van der Waals surface area contributed by atoms with Crippen LogP contribution in [0, 0.1) is 0 Å². The van der Waals surface area contributed by atoms with Gasteiger partial charge in [-0.15, -0.1) is 0 Å². The summed E-state index contributed by atoms with van der Waals surface area (Å²) in [6.07, 6.45) is 3.42. The molecule has 0 bridgehead atoms. The predicted octanol–water partition coefficient (Wildman–Crippen LogP) is 4.91. The Morgan fingerprint density at radius 1 is 0.933 bits per heavy atom. The molecule has 1 amide bonds. The number of hydrogen-bond acceptors (Lipinski definition) is 3. The number of nitrogens with one attached hydrogen (secondary N) is 1. The Morgan fingerprint density at radius 2 is 1.63 bits per heavy atom. The summed E-state index contributed by atoms with van der Waals surface area (Å²) in [6.45, 7) is 5.71. The minimum atomic E-state index is -0.561. The molecule has 0 spiro atoms. The smallest absolute Gasteiger partial charge is 0.261 e. The van der Waals surface area contributed by atoms with Crippen LogP contribution in [0.1, 0.15) is 37.3 Å². The van der Waals surface area contributed by atoms with Crippen LogP contribution in [0.15, 0.2) is 66.7 Å². The lowest BCUT2D eigenvalue weighted by atomic mass is 10.1. The lowest BCUT2D eigenvalue weighted by Gasteiger charge is -2.26. The lowest BCUT2D eigenvalue weighted by Crippen LogP contribution is -2.35. The van der Waals surface area contributed by atoms with Gasteiger partial charge in [0.15, 0.2) is 6.10 Å². The SMILES string of the molecule is C[C@H](Oc1cccc2ccccc12)C(=O)NCc1ccc(CN2CCCCC2)cc1. The molecule has 1 atom stereocenters. The maximum Gasteiger partial charge on any atom is 0.261 e. The summed E-state index contributed by atoms with van der Waals surface area (Å²) < 4.78 is 5.96. The fourth-order valence-corrected chi connectivity index (χ4v) is 4.01. The van der Waals surface area contributed by atoms with Gasteiger partial charge in [-0.25, -0.2) is 0 Å². The van der Waals surface area contributed by atoms with Crippen molar-refractivity contribution in [3.8, 4) is 5.75 Å². The first-order valence-corrected chi connectivity index (χ1v) is 10.9. The topological polar surface area (TPSA) is 41.6 Å². The summed E-state index contributed by atoms with van der Waals surface area (Å²) in [7, 11) is 0. The first-order valence-electron chi connectivity index (χ1n) is 10.9. The number of piperidine rings is 1. The summed E-state index contributed by atoms with van der Waals surface area (Å²) in [4.78, 5) is 15.1. The van der Waals surface area contributed by atoms with E-state index in [0.29, 0.717) is 6.54 Å². The van der Waals surface area contributed by atoms with Gasteiger partial charge in [0.05, 0.1) is 0 Å². The van der Waals surface area contributed by atoms with E-state index in [9.17, 15) is 4.79 Å². The van der Waals surface area contributed by atoms with Crippen molar-refractivity contribution in [3.63, 3.8) is 0 Å². The van der Waals surface area contributed by atoms with Crippen LogP contribution in [-0.4, -0.2) is 30.0 Å². The summed E-state index contributed by atoms with van der Waals surface area (Å²) >= 11 is 0. The molecule has 1 aliphatic rings. The molecular weight excluding hydrogens is 372 g/mol. The van der Waals surface area contributed by atoms with Crippen molar-refractivity contribution in [2.24, 2.45) is 0 Å². The number of carbonyl (C=O) groups excluding carboxylic acids is 1. The molecule has 30 heavy (non-hydrogen) atoms. The van der Waals surface area contributed by atoms with Gasteiger partial charge in [-0.1, -0.05) is 67.1 Å². The largest absolute Gasteiger partial charge is 0.480 e. The Kier molecular flexibility index (Phi) is 6.65. The fraction of sp³-hybridized carbons (Fsp3) is 0.346. The molecule has 3 aromatic rings. The molecular formula is C26H30N2O2. The third-order valence-electron chi connectivity index (χ3n) is 5.77. The Labute approximate surface area is 178 Å². The van der Waals surface area contributed by atoms with Crippen molar-refractivity contribution in [1.82, 2.24) is 10.2 Å². The Hall–Kier alpha value is -2.85. The van der Waals surface area contributed by atoms with E-state index >= 15 is 0 Å². The molecule has 0 radical (unpaired) electrons. The average Bonchev–Trinajstić information content (AvgIpc) is 2.79. The highest BCUT2D eigenvalue weighted by Gasteiger charge is 2.16. The number of benzene rings is 3. The van der Waals surface area contributed by atoms with E-state index in [1.165, 1.54) is 37.9 Å². The van der Waals surface area contributed by atoms with Gasteiger partial charge in [0.1, 0.15) is 5.75 Å². The fourth-order valence-electron chi connectivity index (χ4n) is 4.01. The molecule has 4 rings (SSSR count). The van der Waals surface area contributed by atoms with E-state index in [4.69, 9.17) is 4.74 Å². The number of fused-ring (bicyclic) bond motifs is 1. The number of amides is 1. The molecule has 1 aliphatic heterocycles. The maximum atomic E-state index is 12.5. The van der Waals surface area contributed by atoms with E-state index in [0.717, 1.165) is 28.6 Å². The summed E-state index contributed by atoms with van der Waals surface area (Å²) in [6, 6.07) is 22.5. The zero-order valence-electron chi connectivity index (χ0n) is 17.6. The van der Waals surface area contributed by atoms with Gasteiger partial charge in [0.2, 0.25) is 0 Å². The van der Waals surface area contributed by atoms with Gasteiger partial charge in [0.25, 0.3) is 5.91 Å². The monoisotopic (exact) mass is 402 g/mol. The van der Waals surface area contributed by atoms with Crippen molar-refractivity contribution >= 4 is 16.7 Å². The van der Waals surface area contributed by atoms with Gasteiger partial charge in [-0.05, 0) is 55.4 Å². The normalized spacial score (nSPS) is 15.6. The Bertz CT molecular complexity index is 972. The highest BCUT2D eigenvalue weighted by Crippen LogP contribution is 2.26. The number of rotatable bonds is 7. The van der Waals surface area contributed by atoms with Gasteiger partial charge >= 0.3 is 0 Å². The van der Waals surface area contributed by atoms with E-state index in [2.05, 4.69) is 34.5 Å². The van der Waals surface area contributed by atoms with Gasteiger partial charge in [-0.2, -0.15) is 0 Å². The molecule has 0 unspecified atom stereocenters. The van der Waals surface area contributed by atoms with Crippen LogP contribution in [-0.2, 0) is 17.9 Å². The lowest BCUT2D eigenvalue weighted by molar-refractivity contribution is -0.127. The van der Waals surface area contributed by atoms with Crippen LogP contribution in [0.25, 0.3) is 10.8 Å². The van der Waals surface area contributed by atoms with Gasteiger partial charge in [-0.3, -0.25) is 9.69 Å². The van der Waals surface area contributed by atoms with Crippen molar-refractivity contribution < 1.29 is 9.53 Å². The summed E-state index contributed by atoms with van der Waals surface area (Å²) in [5.74, 6) is 0.623. The molecule has 4 heteroatoms. The molecule has 0 aliphatic carbocycles. The van der Waals surface area contributed by atoms with Gasteiger partial charge < -0.3 is 10.1 Å². The van der Waals surface area contributed by atoms with Crippen LogP contribution >= 0.6 is 0 Å². The number of nitrogens with zero attached hydrogens (tertiary/aromatic N) is 1. The zero-order chi connectivity index (χ0) is 20.8. The zero-order valence-corrected chi connectivity index (χ0v) is 17.6. The van der Waals surface area contributed by atoms with Gasteiger partial charge in [0, 0.05) is 18.5 Å². The predicted molar refractivity (Wildman–Crippen MR) is 121 cm³/mol. The van der Waals surface area contributed by atoms with Crippen molar-refractivity contribution in [2.75, 3.05) is 13.1 Å². The van der Waals surface area contributed by atoms with Crippen molar-refractivity contribution in [2.45, 2.75) is 45.4 Å². The molecule has 3 aromatic carbocycles. The van der Waals surface area contributed by atoms with Crippen molar-refractivity contribution in [3.05, 3.63) is 77.9 Å². The number of hydrogen-bond donors (Lipinski definition) is 1. The molecule has 0 aromatic heterocycles. The van der Waals surface area contributed by atoms with Crippen molar-refractivity contribution in [1.29, 1.82) is 0 Å². The van der Waals surface area contributed by atoms with Crippen LogP contribution in [0.5, 0.6) is 5.75 Å². The van der Waals surface area contributed by atoms with E-state index in [1.54, 1.807) is 6.92 Å². The summed E-state index contributed by atoms with van der Waals surface area (Å²) in [5.41, 5.74) is 2.43. The highest BCUT2D eigenvalue weighted by atomic mass is 16.5. The van der Waals surface area contributed by atoms with Crippen LogP contribution < -0.4 is 10.1 Å². The highest BCUT2D eigenvalue weighted by molar-refractivity contribution is 5.89. The quantitative estimate of drug-likeness (QED) is 0.611.